The first-order valence-corrected chi connectivity index (χ1v) is 15.8. The lowest BCUT2D eigenvalue weighted by Crippen LogP contribution is -2.33. The number of benzene rings is 1. The first-order valence-electron chi connectivity index (χ1n) is 15.4. The average molecular weight is 654 g/mol. The average Bonchev–Trinajstić information content (AvgIpc) is 3.48. The Hall–Kier alpha value is -3.81. The SMILES string of the molecule is COCCOCCOCCOc1cc(C)c(-c2cc3c(N[C@H]4CC[C@H](N)CC4)c(/C(N)=N/c4cc(F)ccc4Cl)cnn3c2)cn1. The summed E-state index contributed by atoms with van der Waals surface area (Å²) in [5.41, 5.74) is 18.0. The molecule has 4 aromatic rings. The maximum atomic E-state index is 14.0. The number of nitrogens with zero attached hydrogens (tertiary/aromatic N) is 4. The largest absolute Gasteiger partial charge is 0.475 e. The smallest absolute Gasteiger partial charge is 0.213 e. The molecule has 1 aliphatic rings. The molecule has 3 aromatic heterocycles. The van der Waals surface area contributed by atoms with Gasteiger partial charge in [-0.05, 0) is 56.4 Å². The zero-order valence-corrected chi connectivity index (χ0v) is 26.9. The summed E-state index contributed by atoms with van der Waals surface area (Å²) in [5, 5.41) is 8.64. The second kappa shape index (κ2) is 16.1. The number of pyridine rings is 1. The highest BCUT2D eigenvalue weighted by molar-refractivity contribution is 6.33. The fourth-order valence-electron chi connectivity index (χ4n) is 5.36. The minimum Gasteiger partial charge on any atom is -0.475 e. The molecular formula is C33H41ClFN7O4. The van der Waals surface area contributed by atoms with Gasteiger partial charge in [0.15, 0.2) is 0 Å². The molecular weight excluding hydrogens is 613 g/mol. The van der Waals surface area contributed by atoms with Crippen molar-refractivity contribution in [1.29, 1.82) is 0 Å². The van der Waals surface area contributed by atoms with Gasteiger partial charge in [-0.3, -0.25) is 0 Å². The Morgan fingerprint density at radius 2 is 1.78 bits per heavy atom. The van der Waals surface area contributed by atoms with E-state index in [1.54, 1.807) is 24.0 Å². The van der Waals surface area contributed by atoms with Gasteiger partial charge in [0.05, 0.1) is 66.7 Å². The van der Waals surface area contributed by atoms with E-state index in [1.807, 2.05) is 25.3 Å². The lowest BCUT2D eigenvalue weighted by Gasteiger charge is -2.28. The molecule has 1 aliphatic carbocycles. The highest BCUT2D eigenvalue weighted by Crippen LogP contribution is 2.33. The van der Waals surface area contributed by atoms with Crippen LogP contribution in [0.15, 0.2) is 53.9 Å². The minimum absolute atomic E-state index is 0.169. The Bertz CT molecular complexity index is 1640. The fourth-order valence-corrected chi connectivity index (χ4v) is 5.52. The molecule has 3 heterocycles. The lowest BCUT2D eigenvalue weighted by atomic mass is 9.91. The van der Waals surface area contributed by atoms with Crippen molar-refractivity contribution in [3.05, 3.63) is 70.9 Å². The van der Waals surface area contributed by atoms with Crippen LogP contribution < -0.4 is 21.5 Å². The van der Waals surface area contributed by atoms with E-state index in [2.05, 4.69) is 20.4 Å². The van der Waals surface area contributed by atoms with Crippen LogP contribution in [0.1, 0.15) is 36.8 Å². The van der Waals surface area contributed by atoms with Crippen molar-refractivity contribution in [2.45, 2.75) is 44.7 Å². The standard InChI is InChI=1S/C33H41ClFN7O4/c1-21-15-31(46-14-13-45-12-11-44-10-9-43-2)38-18-26(21)22-16-30-32(40-25-6-4-24(36)5-7-25)27(19-39-42(30)20-22)33(37)41-29-17-23(35)3-8-28(29)34/h3,8,15-20,24-25,40H,4-7,9-14,36H2,1-2H3,(H2,37,41)/t24-,25-. The summed E-state index contributed by atoms with van der Waals surface area (Å²) in [5.74, 6) is 0.233. The van der Waals surface area contributed by atoms with Gasteiger partial charge in [-0.25, -0.2) is 18.9 Å². The predicted molar refractivity (Wildman–Crippen MR) is 178 cm³/mol. The Morgan fingerprint density at radius 3 is 2.52 bits per heavy atom. The molecule has 0 radical (unpaired) electrons. The van der Waals surface area contributed by atoms with E-state index >= 15 is 0 Å². The highest BCUT2D eigenvalue weighted by Gasteiger charge is 2.23. The third kappa shape index (κ3) is 8.71. The highest BCUT2D eigenvalue weighted by atomic mass is 35.5. The molecule has 0 atom stereocenters. The van der Waals surface area contributed by atoms with Crippen LogP contribution in [-0.2, 0) is 14.2 Å². The third-order valence-corrected chi connectivity index (χ3v) is 8.18. The van der Waals surface area contributed by atoms with Crippen LogP contribution in [0.5, 0.6) is 5.88 Å². The number of methoxy groups -OCH3 is 1. The van der Waals surface area contributed by atoms with E-state index < -0.39 is 5.82 Å². The number of aryl methyl sites for hydroxylation is 1. The molecule has 1 aromatic carbocycles. The van der Waals surface area contributed by atoms with Crippen LogP contribution in [0.4, 0.5) is 15.8 Å². The first-order chi connectivity index (χ1) is 22.3. The van der Waals surface area contributed by atoms with Gasteiger partial charge in [-0.2, -0.15) is 5.10 Å². The normalized spacial score (nSPS) is 17.0. The summed E-state index contributed by atoms with van der Waals surface area (Å²) in [7, 11) is 1.64. The van der Waals surface area contributed by atoms with Gasteiger partial charge in [0.25, 0.3) is 0 Å². The molecule has 5 N–H and O–H groups in total. The van der Waals surface area contributed by atoms with Crippen molar-refractivity contribution < 1.29 is 23.3 Å². The molecule has 246 valence electrons. The molecule has 13 heteroatoms. The molecule has 11 nitrogen and oxygen atoms in total. The van der Waals surface area contributed by atoms with Crippen LogP contribution in [0.2, 0.25) is 5.02 Å². The summed E-state index contributed by atoms with van der Waals surface area (Å²) in [6.45, 7) is 4.90. The van der Waals surface area contributed by atoms with Crippen LogP contribution >= 0.6 is 11.6 Å². The molecule has 0 bridgehead atoms. The molecule has 0 aliphatic heterocycles. The number of rotatable bonds is 15. The zero-order chi connectivity index (χ0) is 32.5. The topological polar surface area (TPSA) is 144 Å². The number of anilines is 1. The van der Waals surface area contributed by atoms with E-state index in [9.17, 15) is 4.39 Å². The maximum absolute atomic E-state index is 14.0. The Morgan fingerprint density at radius 1 is 1.04 bits per heavy atom. The van der Waals surface area contributed by atoms with E-state index in [0.29, 0.717) is 56.1 Å². The summed E-state index contributed by atoms with van der Waals surface area (Å²) < 4.78 is 37.5. The molecule has 46 heavy (non-hydrogen) atoms. The van der Waals surface area contributed by atoms with Crippen LogP contribution in [0.3, 0.4) is 0 Å². The second-order valence-electron chi connectivity index (χ2n) is 11.2. The number of nitrogens with one attached hydrogen (secondary N) is 1. The van der Waals surface area contributed by atoms with E-state index in [-0.39, 0.29) is 23.6 Å². The number of nitrogens with two attached hydrogens (primary N) is 2. The predicted octanol–water partition coefficient (Wildman–Crippen LogP) is 5.27. The van der Waals surface area contributed by atoms with Crippen molar-refractivity contribution >= 4 is 34.3 Å². The lowest BCUT2D eigenvalue weighted by molar-refractivity contribution is 0.0176. The Labute approximate surface area is 273 Å². The molecule has 5 rings (SSSR count). The van der Waals surface area contributed by atoms with Gasteiger partial charge < -0.3 is 35.7 Å². The number of hydrogen-bond donors (Lipinski definition) is 3. The second-order valence-corrected chi connectivity index (χ2v) is 11.7. The van der Waals surface area contributed by atoms with E-state index in [0.717, 1.165) is 53.6 Å². The molecule has 1 fully saturated rings. The Kier molecular flexibility index (Phi) is 11.8. The van der Waals surface area contributed by atoms with Gasteiger partial charge in [-0.15, -0.1) is 0 Å². The molecule has 1 saturated carbocycles. The van der Waals surface area contributed by atoms with Crippen molar-refractivity contribution in [3.8, 4) is 17.0 Å². The van der Waals surface area contributed by atoms with Gasteiger partial charge in [0.1, 0.15) is 18.3 Å². The maximum Gasteiger partial charge on any atom is 0.213 e. The van der Waals surface area contributed by atoms with Crippen LogP contribution in [-0.4, -0.2) is 79.3 Å². The summed E-state index contributed by atoms with van der Waals surface area (Å²) >= 11 is 6.29. The first kappa shape index (κ1) is 33.6. The number of aromatic nitrogens is 3. The molecule has 0 amide bonds. The number of aliphatic imine (C=N–C) groups is 1. The number of ether oxygens (including phenoxy) is 4. The van der Waals surface area contributed by atoms with Crippen LogP contribution in [0, 0.1) is 12.7 Å². The molecule has 0 unspecified atom stereocenters. The van der Waals surface area contributed by atoms with Crippen molar-refractivity contribution in [2.75, 3.05) is 52.1 Å². The number of amidine groups is 1. The van der Waals surface area contributed by atoms with Crippen LogP contribution in [0.25, 0.3) is 16.6 Å². The Balaban J connectivity index is 1.36. The third-order valence-electron chi connectivity index (χ3n) is 7.86. The van der Waals surface area contributed by atoms with Gasteiger partial charge in [-0.1, -0.05) is 11.6 Å². The van der Waals surface area contributed by atoms with Crippen molar-refractivity contribution in [3.63, 3.8) is 0 Å². The number of hydrogen-bond acceptors (Lipinski definition) is 9. The van der Waals surface area contributed by atoms with E-state index in [1.165, 1.54) is 18.2 Å². The number of halogens is 2. The summed E-state index contributed by atoms with van der Waals surface area (Å²) in [4.78, 5) is 9.01. The zero-order valence-electron chi connectivity index (χ0n) is 26.2. The van der Waals surface area contributed by atoms with E-state index in [4.69, 9.17) is 42.0 Å². The summed E-state index contributed by atoms with van der Waals surface area (Å²) in [6, 6.07) is 8.34. The van der Waals surface area contributed by atoms with Crippen molar-refractivity contribution in [2.24, 2.45) is 16.5 Å². The van der Waals surface area contributed by atoms with Crippen molar-refractivity contribution in [1.82, 2.24) is 14.6 Å². The molecule has 0 saturated heterocycles. The van der Waals surface area contributed by atoms with Gasteiger partial charge in [0.2, 0.25) is 5.88 Å². The summed E-state index contributed by atoms with van der Waals surface area (Å²) in [6.07, 6.45) is 9.11. The number of fused-ring (bicyclic) bond motifs is 1. The quantitative estimate of drug-likeness (QED) is 0.0887. The van der Waals surface area contributed by atoms with Gasteiger partial charge in [0, 0.05) is 54.8 Å². The van der Waals surface area contributed by atoms with Gasteiger partial charge >= 0.3 is 0 Å². The fraction of sp³-hybridized carbons (Fsp3) is 0.424. The molecule has 0 spiro atoms. The minimum atomic E-state index is -0.453. The monoisotopic (exact) mass is 653 g/mol.